The lowest BCUT2D eigenvalue weighted by Crippen LogP contribution is -2.08. The second-order valence-corrected chi connectivity index (χ2v) is 4.35. The summed E-state index contributed by atoms with van der Waals surface area (Å²) < 4.78 is 0.566. The first-order valence-corrected chi connectivity index (χ1v) is 5.98. The van der Waals surface area contributed by atoms with Crippen molar-refractivity contribution in [1.29, 1.82) is 0 Å². The van der Waals surface area contributed by atoms with Crippen LogP contribution in [0.15, 0.2) is 29.1 Å². The number of anilines is 1. The zero-order chi connectivity index (χ0) is 13.0. The zero-order valence-electron chi connectivity index (χ0n) is 9.26. The number of imidazole rings is 1. The molecule has 0 radical (unpaired) electrons. The number of aromatic amines is 1. The molecular formula is C10H10BrN5O2. The van der Waals surface area contributed by atoms with E-state index >= 15 is 0 Å². The molecule has 2 N–H and O–H groups in total. The molecule has 0 aliphatic carbocycles. The number of H-pyrrole nitrogens is 1. The fourth-order valence-electron chi connectivity index (χ4n) is 1.39. The van der Waals surface area contributed by atoms with E-state index < -0.39 is 4.92 Å². The fraction of sp³-hybridized carbons (Fsp3) is 0.200. The maximum Gasteiger partial charge on any atom is 0.288 e. The van der Waals surface area contributed by atoms with E-state index in [-0.39, 0.29) is 5.69 Å². The number of aromatic nitrogens is 3. The largest absolute Gasteiger partial charge is 0.369 e. The highest BCUT2D eigenvalue weighted by Gasteiger charge is 2.10. The lowest BCUT2D eigenvalue weighted by atomic mass is 10.4. The van der Waals surface area contributed by atoms with Crippen molar-refractivity contribution in [1.82, 2.24) is 15.0 Å². The van der Waals surface area contributed by atoms with Crippen LogP contribution in [0.5, 0.6) is 0 Å². The summed E-state index contributed by atoms with van der Waals surface area (Å²) in [5, 5.41) is 13.6. The molecule has 18 heavy (non-hydrogen) atoms. The van der Waals surface area contributed by atoms with Crippen LogP contribution in [0.1, 0.15) is 5.82 Å². The molecule has 94 valence electrons. The Bertz CT molecular complexity index is 543. The molecule has 0 aromatic carbocycles. The lowest BCUT2D eigenvalue weighted by Gasteiger charge is -2.05. The standard InChI is InChI=1S/C10H10BrN5O2/c11-8-5-7(16(17)18)6-15-10(8)14-2-1-9-12-3-4-13-9/h3-6H,1-2H2,(H,12,13)(H,14,15). The van der Waals surface area contributed by atoms with Crippen molar-refractivity contribution in [2.45, 2.75) is 6.42 Å². The van der Waals surface area contributed by atoms with E-state index in [0.29, 0.717) is 16.8 Å². The van der Waals surface area contributed by atoms with Crippen molar-refractivity contribution in [3.8, 4) is 0 Å². The summed E-state index contributed by atoms with van der Waals surface area (Å²) in [5.41, 5.74) is -0.0431. The molecule has 0 atom stereocenters. The highest BCUT2D eigenvalue weighted by molar-refractivity contribution is 9.10. The first kappa shape index (κ1) is 12.5. The normalized spacial score (nSPS) is 10.3. The average Bonchev–Trinajstić information content (AvgIpc) is 2.84. The van der Waals surface area contributed by atoms with Crippen LogP contribution in [0.4, 0.5) is 11.5 Å². The van der Waals surface area contributed by atoms with E-state index in [9.17, 15) is 10.1 Å². The predicted molar refractivity (Wildman–Crippen MR) is 69.4 cm³/mol. The van der Waals surface area contributed by atoms with Gasteiger partial charge in [0.05, 0.1) is 9.40 Å². The summed E-state index contributed by atoms with van der Waals surface area (Å²) in [6.07, 6.45) is 5.39. The van der Waals surface area contributed by atoms with Crippen molar-refractivity contribution in [2.24, 2.45) is 0 Å². The van der Waals surface area contributed by atoms with E-state index in [2.05, 4.69) is 36.2 Å². The highest BCUT2D eigenvalue weighted by Crippen LogP contribution is 2.24. The van der Waals surface area contributed by atoms with Crippen molar-refractivity contribution >= 4 is 27.4 Å². The van der Waals surface area contributed by atoms with Gasteiger partial charge in [0, 0.05) is 31.4 Å². The van der Waals surface area contributed by atoms with Crippen LogP contribution in [0.3, 0.4) is 0 Å². The van der Waals surface area contributed by atoms with E-state index in [1.54, 1.807) is 12.4 Å². The van der Waals surface area contributed by atoms with Gasteiger partial charge in [0.1, 0.15) is 17.8 Å². The number of nitrogens with one attached hydrogen (secondary N) is 2. The van der Waals surface area contributed by atoms with Crippen molar-refractivity contribution in [2.75, 3.05) is 11.9 Å². The van der Waals surface area contributed by atoms with Gasteiger partial charge in [0.25, 0.3) is 5.69 Å². The minimum absolute atomic E-state index is 0.0431. The number of rotatable bonds is 5. The topological polar surface area (TPSA) is 96.7 Å². The van der Waals surface area contributed by atoms with Gasteiger partial charge in [0.15, 0.2) is 0 Å². The van der Waals surface area contributed by atoms with Crippen LogP contribution in [-0.4, -0.2) is 26.4 Å². The van der Waals surface area contributed by atoms with E-state index in [0.717, 1.165) is 12.2 Å². The second kappa shape index (κ2) is 5.58. The fourth-order valence-corrected chi connectivity index (χ4v) is 1.87. The minimum atomic E-state index is -0.482. The minimum Gasteiger partial charge on any atom is -0.369 e. The van der Waals surface area contributed by atoms with Crippen LogP contribution < -0.4 is 5.32 Å². The molecule has 8 heteroatoms. The Labute approximate surface area is 111 Å². The van der Waals surface area contributed by atoms with Crippen molar-refractivity contribution < 1.29 is 4.92 Å². The Hall–Kier alpha value is -1.96. The summed E-state index contributed by atoms with van der Waals surface area (Å²) in [6.45, 7) is 0.636. The number of nitro groups is 1. The van der Waals surface area contributed by atoms with Gasteiger partial charge in [-0.3, -0.25) is 10.1 Å². The van der Waals surface area contributed by atoms with Gasteiger partial charge in [-0.2, -0.15) is 0 Å². The van der Waals surface area contributed by atoms with E-state index in [4.69, 9.17) is 0 Å². The molecule has 0 saturated carbocycles. The van der Waals surface area contributed by atoms with Gasteiger partial charge in [-0.25, -0.2) is 9.97 Å². The SMILES string of the molecule is O=[N+]([O-])c1cnc(NCCc2ncc[nH]2)c(Br)c1. The zero-order valence-corrected chi connectivity index (χ0v) is 10.8. The lowest BCUT2D eigenvalue weighted by molar-refractivity contribution is -0.385. The van der Waals surface area contributed by atoms with Gasteiger partial charge in [-0.1, -0.05) is 0 Å². The molecule has 0 saturated heterocycles. The molecule has 0 aliphatic rings. The molecule has 0 fully saturated rings. The molecule has 0 amide bonds. The Kier molecular flexibility index (Phi) is 3.88. The summed E-state index contributed by atoms with van der Waals surface area (Å²) in [6, 6.07) is 1.42. The number of hydrogen-bond donors (Lipinski definition) is 2. The Balaban J connectivity index is 1.95. The smallest absolute Gasteiger partial charge is 0.288 e. The van der Waals surface area contributed by atoms with Gasteiger partial charge in [0.2, 0.25) is 0 Å². The van der Waals surface area contributed by atoms with Crippen LogP contribution in [-0.2, 0) is 6.42 Å². The molecule has 2 aromatic rings. The second-order valence-electron chi connectivity index (χ2n) is 3.49. The van der Waals surface area contributed by atoms with Gasteiger partial charge < -0.3 is 10.3 Å². The maximum atomic E-state index is 10.5. The summed E-state index contributed by atoms with van der Waals surface area (Å²) in [4.78, 5) is 21.1. The third kappa shape index (κ3) is 3.04. The number of hydrogen-bond acceptors (Lipinski definition) is 5. The van der Waals surface area contributed by atoms with Crippen LogP contribution >= 0.6 is 15.9 Å². The highest BCUT2D eigenvalue weighted by atomic mass is 79.9. The Morgan fingerprint density at radius 1 is 1.50 bits per heavy atom. The molecule has 2 heterocycles. The molecular weight excluding hydrogens is 302 g/mol. The predicted octanol–water partition coefficient (Wildman–Crippen LogP) is 2.13. The van der Waals surface area contributed by atoms with Crippen LogP contribution in [0.25, 0.3) is 0 Å². The van der Waals surface area contributed by atoms with Gasteiger partial charge in [-0.15, -0.1) is 0 Å². The number of nitrogens with zero attached hydrogens (tertiary/aromatic N) is 3. The molecule has 0 aliphatic heterocycles. The first-order chi connectivity index (χ1) is 8.66. The molecule has 0 bridgehead atoms. The van der Waals surface area contributed by atoms with Gasteiger partial charge >= 0.3 is 0 Å². The van der Waals surface area contributed by atoms with Crippen molar-refractivity contribution in [3.05, 3.63) is 45.1 Å². The molecule has 2 rings (SSSR count). The first-order valence-electron chi connectivity index (χ1n) is 5.19. The molecule has 0 unspecified atom stereocenters. The summed E-state index contributed by atoms with van der Waals surface area (Å²) >= 11 is 3.24. The average molecular weight is 312 g/mol. The monoisotopic (exact) mass is 311 g/mol. The summed E-state index contributed by atoms with van der Waals surface area (Å²) in [5.74, 6) is 1.45. The van der Waals surface area contributed by atoms with E-state index in [1.807, 2.05) is 0 Å². The Morgan fingerprint density at radius 2 is 2.33 bits per heavy atom. The van der Waals surface area contributed by atoms with Crippen LogP contribution in [0, 0.1) is 10.1 Å². The molecule has 0 spiro atoms. The number of pyridine rings is 1. The molecule has 2 aromatic heterocycles. The summed E-state index contributed by atoms with van der Waals surface area (Å²) in [7, 11) is 0. The third-order valence-electron chi connectivity index (χ3n) is 2.25. The number of halogens is 1. The molecule has 7 nitrogen and oxygen atoms in total. The third-order valence-corrected chi connectivity index (χ3v) is 2.85. The van der Waals surface area contributed by atoms with Gasteiger partial charge in [-0.05, 0) is 15.9 Å². The maximum absolute atomic E-state index is 10.5. The van der Waals surface area contributed by atoms with Crippen molar-refractivity contribution in [3.63, 3.8) is 0 Å². The van der Waals surface area contributed by atoms with E-state index in [1.165, 1.54) is 12.3 Å². The van der Waals surface area contributed by atoms with Crippen LogP contribution in [0.2, 0.25) is 0 Å². The Morgan fingerprint density at radius 3 is 2.94 bits per heavy atom. The quantitative estimate of drug-likeness (QED) is 0.651.